The molecule has 0 aliphatic rings. The molecule has 0 fully saturated rings. The molecule has 1 N–H and O–H groups in total. The highest BCUT2D eigenvalue weighted by Crippen LogP contribution is 2.22. The number of halogens is 1. The van der Waals surface area contributed by atoms with Gasteiger partial charge in [-0.2, -0.15) is 0 Å². The van der Waals surface area contributed by atoms with Crippen LogP contribution in [0.3, 0.4) is 0 Å². The monoisotopic (exact) mass is 271 g/mol. The van der Waals surface area contributed by atoms with Crippen LogP contribution in [0, 0.1) is 0 Å². The van der Waals surface area contributed by atoms with Gasteiger partial charge in [0.15, 0.2) is 0 Å². The van der Waals surface area contributed by atoms with Gasteiger partial charge in [-0.3, -0.25) is 0 Å². The standard InChI is InChI=1S/C11H14BrNO2/c1-15-11-3-2-10(12)8-9(11)4-5-13-6-7-14/h2-3,7-8,13H,4-6H2,1H3. The van der Waals surface area contributed by atoms with Crippen LogP contribution in [0.2, 0.25) is 0 Å². The quantitative estimate of drug-likeness (QED) is 0.633. The number of carbonyl (C=O) groups is 1. The van der Waals surface area contributed by atoms with E-state index < -0.39 is 0 Å². The third kappa shape index (κ3) is 4.01. The zero-order valence-corrected chi connectivity index (χ0v) is 10.2. The van der Waals surface area contributed by atoms with Gasteiger partial charge < -0.3 is 14.8 Å². The van der Waals surface area contributed by atoms with Crippen molar-refractivity contribution < 1.29 is 9.53 Å². The Morgan fingerprint density at radius 1 is 1.53 bits per heavy atom. The summed E-state index contributed by atoms with van der Waals surface area (Å²) in [6, 6.07) is 5.90. The van der Waals surface area contributed by atoms with Crippen LogP contribution in [0.4, 0.5) is 0 Å². The summed E-state index contributed by atoms with van der Waals surface area (Å²) in [4.78, 5) is 10.1. The van der Waals surface area contributed by atoms with E-state index in [0.717, 1.165) is 35.0 Å². The lowest BCUT2D eigenvalue weighted by Crippen LogP contribution is -2.19. The minimum atomic E-state index is 0.399. The van der Waals surface area contributed by atoms with Crippen molar-refractivity contribution in [2.45, 2.75) is 6.42 Å². The van der Waals surface area contributed by atoms with Gasteiger partial charge in [-0.1, -0.05) is 15.9 Å². The van der Waals surface area contributed by atoms with Crippen molar-refractivity contribution in [3.63, 3.8) is 0 Å². The van der Waals surface area contributed by atoms with E-state index in [2.05, 4.69) is 21.2 Å². The highest BCUT2D eigenvalue weighted by Gasteiger charge is 2.02. The molecule has 0 amide bonds. The lowest BCUT2D eigenvalue weighted by atomic mass is 10.1. The van der Waals surface area contributed by atoms with E-state index in [1.54, 1.807) is 7.11 Å². The number of nitrogens with one attached hydrogen (secondary N) is 1. The molecule has 0 radical (unpaired) electrons. The maximum Gasteiger partial charge on any atom is 0.133 e. The molecule has 0 aliphatic heterocycles. The Hall–Kier alpha value is -0.870. The summed E-state index contributed by atoms with van der Waals surface area (Å²) in [5.74, 6) is 0.881. The van der Waals surface area contributed by atoms with Crippen LogP contribution in [0.5, 0.6) is 5.75 Å². The van der Waals surface area contributed by atoms with Crippen LogP contribution in [0.15, 0.2) is 22.7 Å². The van der Waals surface area contributed by atoms with Crippen LogP contribution in [-0.4, -0.2) is 26.5 Å². The molecule has 15 heavy (non-hydrogen) atoms. The van der Waals surface area contributed by atoms with Gasteiger partial charge in [-0.05, 0) is 36.7 Å². The van der Waals surface area contributed by atoms with Crippen LogP contribution < -0.4 is 10.1 Å². The van der Waals surface area contributed by atoms with Gasteiger partial charge in [0.1, 0.15) is 12.0 Å². The molecule has 1 aromatic carbocycles. The number of carbonyl (C=O) groups excluding carboxylic acids is 1. The number of aldehydes is 1. The van der Waals surface area contributed by atoms with Crippen molar-refractivity contribution in [1.29, 1.82) is 0 Å². The third-order valence-corrected chi connectivity index (χ3v) is 2.53. The van der Waals surface area contributed by atoms with Crippen molar-refractivity contribution in [3.8, 4) is 5.75 Å². The molecule has 0 heterocycles. The summed E-state index contributed by atoms with van der Waals surface area (Å²) in [7, 11) is 1.66. The number of hydrogen-bond donors (Lipinski definition) is 1. The first-order chi connectivity index (χ1) is 7.27. The van der Waals surface area contributed by atoms with Crippen molar-refractivity contribution in [1.82, 2.24) is 5.32 Å². The maximum absolute atomic E-state index is 10.1. The lowest BCUT2D eigenvalue weighted by molar-refractivity contribution is -0.107. The van der Waals surface area contributed by atoms with Crippen LogP contribution in [0.1, 0.15) is 5.56 Å². The Morgan fingerprint density at radius 2 is 2.33 bits per heavy atom. The molecular formula is C11H14BrNO2. The van der Waals surface area contributed by atoms with E-state index in [9.17, 15) is 4.79 Å². The Balaban J connectivity index is 2.57. The van der Waals surface area contributed by atoms with Crippen molar-refractivity contribution in [2.24, 2.45) is 0 Å². The molecule has 1 rings (SSSR count). The molecule has 82 valence electrons. The summed E-state index contributed by atoms with van der Waals surface area (Å²) >= 11 is 3.42. The van der Waals surface area contributed by atoms with Crippen molar-refractivity contribution in [3.05, 3.63) is 28.2 Å². The van der Waals surface area contributed by atoms with Crippen LogP contribution >= 0.6 is 15.9 Å². The molecule has 0 aromatic heterocycles. The van der Waals surface area contributed by atoms with Crippen molar-refractivity contribution in [2.75, 3.05) is 20.2 Å². The van der Waals surface area contributed by atoms with Crippen molar-refractivity contribution >= 4 is 22.2 Å². The number of methoxy groups -OCH3 is 1. The number of benzene rings is 1. The van der Waals surface area contributed by atoms with Gasteiger partial charge in [0.2, 0.25) is 0 Å². The largest absolute Gasteiger partial charge is 0.496 e. The third-order valence-electron chi connectivity index (χ3n) is 2.04. The van der Waals surface area contributed by atoms with E-state index in [1.165, 1.54) is 0 Å². The summed E-state index contributed by atoms with van der Waals surface area (Å²) < 4.78 is 6.28. The smallest absolute Gasteiger partial charge is 0.133 e. The Kier molecular flexibility index (Phi) is 5.36. The molecule has 0 aliphatic carbocycles. The van der Waals surface area contributed by atoms with E-state index in [-0.39, 0.29) is 0 Å². The number of rotatable bonds is 6. The van der Waals surface area contributed by atoms with Gasteiger partial charge in [0.05, 0.1) is 13.7 Å². The summed E-state index contributed by atoms with van der Waals surface area (Å²) in [6.07, 6.45) is 1.70. The van der Waals surface area contributed by atoms with E-state index in [1.807, 2.05) is 18.2 Å². The number of hydrogen-bond acceptors (Lipinski definition) is 3. The molecular weight excluding hydrogens is 258 g/mol. The SMILES string of the molecule is COc1ccc(Br)cc1CCNCC=O. The molecule has 0 unspecified atom stereocenters. The molecule has 0 saturated carbocycles. The molecule has 1 aromatic rings. The van der Waals surface area contributed by atoms with Crippen LogP contribution in [-0.2, 0) is 11.2 Å². The van der Waals surface area contributed by atoms with Gasteiger partial charge in [-0.15, -0.1) is 0 Å². The molecule has 0 spiro atoms. The summed E-state index contributed by atoms with van der Waals surface area (Å²) in [5.41, 5.74) is 1.13. The first-order valence-corrected chi connectivity index (χ1v) is 5.54. The molecule has 0 atom stereocenters. The molecule has 0 bridgehead atoms. The topological polar surface area (TPSA) is 38.3 Å². The van der Waals surface area contributed by atoms with Gasteiger partial charge in [-0.25, -0.2) is 0 Å². The second-order valence-corrected chi connectivity index (χ2v) is 3.99. The van der Waals surface area contributed by atoms with E-state index in [0.29, 0.717) is 6.54 Å². The first kappa shape index (κ1) is 12.2. The zero-order chi connectivity index (χ0) is 11.1. The molecule has 0 saturated heterocycles. The summed E-state index contributed by atoms with van der Waals surface area (Å²) in [5, 5.41) is 3.02. The Bertz CT molecular complexity index is 328. The Labute approximate surface area is 97.9 Å². The molecule has 4 heteroatoms. The average molecular weight is 272 g/mol. The molecule has 3 nitrogen and oxygen atoms in total. The maximum atomic E-state index is 10.1. The second kappa shape index (κ2) is 6.58. The van der Waals surface area contributed by atoms with Gasteiger partial charge in [0.25, 0.3) is 0 Å². The fourth-order valence-corrected chi connectivity index (χ4v) is 1.74. The van der Waals surface area contributed by atoms with Gasteiger partial charge >= 0.3 is 0 Å². The first-order valence-electron chi connectivity index (χ1n) is 4.74. The fourth-order valence-electron chi connectivity index (χ4n) is 1.33. The second-order valence-electron chi connectivity index (χ2n) is 3.08. The minimum absolute atomic E-state index is 0.399. The predicted octanol–water partition coefficient (Wildman–Crippen LogP) is 1.79. The zero-order valence-electron chi connectivity index (χ0n) is 8.63. The van der Waals surface area contributed by atoms with E-state index in [4.69, 9.17) is 4.74 Å². The van der Waals surface area contributed by atoms with Crippen LogP contribution in [0.25, 0.3) is 0 Å². The highest BCUT2D eigenvalue weighted by molar-refractivity contribution is 9.10. The number of ether oxygens (including phenoxy) is 1. The summed E-state index contributed by atoms with van der Waals surface area (Å²) in [6.45, 7) is 1.17. The highest BCUT2D eigenvalue weighted by atomic mass is 79.9. The van der Waals surface area contributed by atoms with Gasteiger partial charge in [0, 0.05) is 4.47 Å². The minimum Gasteiger partial charge on any atom is -0.496 e. The fraction of sp³-hybridized carbons (Fsp3) is 0.364. The predicted molar refractivity (Wildman–Crippen MR) is 63.3 cm³/mol. The lowest BCUT2D eigenvalue weighted by Gasteiger charge is -2.08. The van der Waals surface area contributed by atoms with E-state index >= 15 is 0 Å². The average Bonchev–Trinajstić information content (AvgIpc) is 2.25. The normalized spacial score (nSPS) is 10.0. The Morgan fingerprint density at radius 3 is 3.00 bits per heavy atom.